The fourth-order valence-electron chi connectivity index (χ4n) is 2.64. The molecule has 0 radical (unpaired) electrons. The van der Waals surface area contributed by atoms with Gasteiger partial charge in [-0.05, 0) is 43.5 Å². The number of ether oxygens (including phenoxy) is 1. The van der Waals surface area contributed by atoms with Crippen LogP contribution in [0.3, 0.4) is 0 Å². The molecule has 0 aliphatic carbocycles. The molecule has 25 heavy (non-hydrogen) atoms. The summed E-state index contributed by atoms with van der Waals surface area (Å²) in [5, 5.41) is 15.1. The summed E-state index contributed by atoms with van der Waals surface area (Å²) < 4.78 is 7.05. The lowest BCUT2D eigenvalue weighted by atomic mass is 10.1. The number of amides is 1. The summed E-state index contributed by atoms with van der Waals surface area (Å²) in [5.41, 5.74) is 2.15. The third kappa shape index (κ3) is 3.06. The Hall–Kier alpha value is -3.29. The number of nitrogens with one attached hydrogen (secondary N) is 1. The predicted octanol–water partition coefficient (Wildman–Crippen LogP) is 1.94. The molecule has 0 spiro atoms. The fraction of sp³-hybridized carbons (Fsp3) is 0.235. The lowest BCUT2D eigenvalue weighted by Gasteiger charge is -2.17. The second-order valence-electron chi connectivity index (χ2n) is 5.74. The maximum atomic E-state index is 12.5. The standard InChI is InChI=1S/C17H16N6O2/c1-11-4-5-16(22-21-11)23-15(6-7-19-23)20-17(24)13-9-12-3-2-8-25-14(12)10-18-13/h4-7,9-10H,2-3,8H2,1H3,(H,20,24). The molecule has 1 aliphatic heterocycles. The smallest absolute Gasteiger partial charge is 0.275 e. The molecule has 8 nitrogen and oxygen atoms in total. The molecule has 0 saturated heterocycles. The van der Waals surface area contributed by atoms with E-state index < -0.39 is 0 Å². The van der Waals surface area contributed by atoms with Gasteiger partial charge in [0.15, 0.2) is 5.82 Å². The average Bonchev–Trinajstić information content (AvgIpc) is 3.10. The Bertz CT molecular complexity index is 919. The molecule has 4 rings (SSSR count). The fourth-order valence-corrected chi connectivity index (χ4v) is 2.64. The Morgan fingerprint density at radius 3 is 3.04 bits per heavy atom. The monoisotopic (exact) mass is 336 g/mol. The molecule has 3 aromatic heterocycles. The summed E-state index contributed by atoms with van der Waals surface area (Å²) >= 11 is 0. The molecule has 1 aliphatic rings. The summed E-state index contributed by atoms with van der Waals surface area (Å²) in [7, 11) is 0. The van der Waals surface area contributed by atoms with Gasteiger partial charge in [0.05, 0.1) is 24.7 Å². The third-order valence-electron chi connectivity index (χ3n) is 3.91. The van der Waals surface area contributed by atoms with Crippen molar-refractivity contribution in [1.29, 1.82) is 0 Å². The first kappa shape index (κ1) is 15.3. The van der Waals surface area contributed by atoms with Gasteiger partial charge in [-0.25, -0.2) is 4.98 Å². The van der Waals surface area contributed by atoms with Crippen LogP contribution in [0.4, 0.5) is 5.82 Å². The maximum absolute atomic E-state index is 12.5. The van der Waals surface area contributed by atoms with Crippen molar-refractivity contribution in [3.05, 3.63) is 53.6 Å². The van der Waals surface area contributed by atoms with E-state index in [1.807, 2.05) is 13.0 Å². The van der Waals surface area contributed by atoms with E-state index in [4.69, 9.17) is 4.74 Å². The second-order valence-corrected chi connectivity index (χ2v) is 5.74. The highest BCUT2D eigenvalue weighted by atomic mass is 16.5. The van der Waals surface area contributed by atoms with Crippen molar-refractivity contribution in [2.45, 2.75) is 19.8 Å². The highest BCUT2D eigenvalue weighted by Crippen LogP contribution is 2.24. The van der Waals surface area contributed by atoms with Crippen LogP contribution in [0, 0.1) is 6.92 Å². The number of fused-ring (bicyclic) bond motifs is 1. The van der Waals surface area contributed by atoms with Gasteiger partial charge in [-0.1, -0.05) is 0 Å². The van der Waals surface area contributed by atoms with Crippen LogP contribution in [0.2, 0.25) is 0 Å². The summed E-state index contributed by atoms with van der Waals surface area (Å²) in [6, 6.07) is 7.09. The van der Waals surface area contributed by atoms with E-state index in [-0.39, 0.29) is 5.91 Å². The number of carbonyl (C=O) groups excluding carboxylic acids is 1. The van der Waals surface area contributed by atoms with Crippen LogP contribution in [0.25, 0.3) is 5.82 Å². The van der Waals surface area contributed by atoms with Crippen molar-refractivity contribution in [3.63, 3.8) is 0 Å². The molecule has 0 aromatic carbocycles. The molecule has 0 fully saturated rings. The molecule has 0 atom stereocenters. The van der Waals surface area contributed by atoms with E-state index >= 15 is 0 Å². The first-order valence-electron chi connectivity index (χ1n) is 7.98. The topological polar surface area (TPSA) is 94.8 Å². The highest BCUT2D eigenvalue weighted by molar-refractivity contribution is 6.02. The Balaban J connectivity index is 1.58. The Morgan fingerprint density at radius 1 is 1.28 bits per heavy atom. The summed E-state index contributed by atoms with van der Waals surface area (Å²) in [6.07, 6.45) is 5.02. The number of hydrogen-bond acceptors (Lipinski definition) is 6. The van der Waals surface area contributed by atoms with Crippen LogP contribution in [-0.4, -0.2) is 37.5 Å². The van der Waals surface area contributed by atoms with Gasteiger partial charge in [0.2, 0.25) is 0 Å². The molecule has 8 heteroatoms. The Kier molecular flexibility index (Phi) is 3.85. The largest absolute Gasteiger partial charge is 0.492 e. The summed E-state index contributed by atoms with van der Waals surface area (Å²) in [6.45, 7) is 2.55. The number of rotatable bonds is 3. The molecule has 3 aromatic rings. The van der Waals surface area contributed by atoms with E-state index in [1.54, 1.807) is 30.6 Å². The zero-order valence-electron chi connectivity index (χ0n) is 13.6. The maximum Gasteiger partial charge on any atom is 0.275 e. The minimum Gasteiger partial charge on any atom is -0.492 e. The summed E-state index contributed by atoms with van der Waals surface area (Å²) in [5.74, 6) is 1.47. The number of aromatic nitrogens is 5. The van der Waals surface area contributed by atoms with Gasteiger partial charge < -0.3 is 10.1 Å². The Labute approximate surface area is 143 Å². The van der Waals surface area contributed by atoms with Crippen molar-refractivity contribution < 1.29 is 9.53 Å². The van der Waals surface area contributed by atoms with Gasteiger partial charge >= 0.3 is 0 Å². The molecule has 4 heterocycles. The molecule has 1 amide bonds. The molecule has 0 saturated carbocycles. The number of hydrogen-bond donors (Lipinski definition) is 1. The van der Waals surface area contributed by atoms with Gasteiger partial charge in [0.25, 0.3) is 5.91 Å². The molecule has 1 N–H and O–H groups in total. The summed E-state index contributed by atoms with van der Waals surface area (Å²) in [4.78, 5) is 16.7. The van der Waals surface area contributed by atoms with Crippen LogP contribution in [-0.2, 0) is 6.42 Å². The molecule has 0 unspecified atom stereocenters. The number of aryl methyl sites for hydroxylation is 2. The number of pyridine rings is 1. The van der Waals surface area contributed by atoms with E-state index in [1.165, 1.54) is 4.68 Å². The van der Waals surface area contributed by atoms with Crippen LogP contribution in [0.1, 0.15) is 28.2 Å². The van der Waals surface area contributed by atoms with Gasteiger partial charge in [0.1, 0.15) is 17.3 Å². The molecule has 0 bridgehead atoms. The number of nitrogens with zero attached hydrogens (tertiary/aromatic N) is 5. The van der Waals surface area contributed by atoms with E-state index in [0.29, 0.717) is 23.9 Å². The van der Waals surface area contributed by atoms with Crippen molar-refractivity contribution >= 4 is 11.7 Å². The van der Waals surface area contributed by atoms with Crippen LogP contribution in [0.5, 0.6) is 5.75 Å². The van der Waals surface area contributed by atoms with Crippen LogP contribution >= 0.6 is 0 Å². The first-order valence-corrected chi connectivity index (χ1v) is 7.98. The van der Waals surface area contributed by atoms with Crippen molar-refractivity contribution in [3.8, 4) is 11.6 Å². The lowest BCUT2D eigenvalue weighted by molar-refractivity contribution is 0.102. The van der Waals surface area contributed by atoms with Crippen LogP contribution < -0.4 is 10.1 Å². The zero-order chi connectivity index (χ0) is 17.2. The van der Waals surface area contributed by atoms with Crippen molar-refractivity contribution in [2.24, 2.45) is 0 Å². The minimum absolute atomic E-state index is 0.310. The van der Waals surface area contributed by atoms with Crippen molar-refractivity contribution in [1.82, 2.24) is 25.0 Å². The number of anilines is 1. The van der Waals surface area contributed by atoms with Gasteiger partial charge in [-0.2, -0.15) is 14.9 Å². The van der Waals surface area contributed by atoms with Gasteiger partial charge in [0, 0.05) is 6.07 Å². The van der Waals surface area contributed by atoms with Gasteiger partial charge in [-0.3, -0.25) is 4.79 Å². The zero-order valence-corrected chi connectivity index (χ0v) is 13.6. The minimum atomic E-state index is -0.310. The molecular formula is C17H16N6O2. The van der Waals surface area contributed by atoms with E-state index in [9.17, 15) is 4.79 Å². The number of carbonyl (C=O) groups is 1. The molecular weight excluding hydrogens is 320 g/mol. The molecule has 126 valence electrons. The Morgan fingerprint density at radius 2 is 2.20 bits per heavy atom. The van der Waals surface area contributed by atoms with E-state index in [0.717, 1.165) is 29.8 Å². The van der Waals surface area contributed by atoms with Crippen molar-refractivity contribution in [2.75, 3.05) is 11.9 Å². The predicted molar refractivity (Wildman–Crippen MR) is 89.9 cm³/mol. The lowest BCUT2D eigenvalue weighted by Crippen LogP contribution is -2.18. The van der Waals surface area contributed by atoms with Gasteiger partial charge in [-0.15, -0.1) is 5.10 Å². The SMILES string of the molecule is Cc1ccc(-n2nccc2NC(=O)c2cc3c(cn2)OCCC3)nn1. The quantitative estimate of drug-likeness (QED) is 0.785. The highest BCUT2D eigenvalue weighted by Gasteiger charge is 2.17. The third-order valence-corrected chi connectivity index (χ3v) is 3.91. The first-order chi connectivity index (χ1) is 12.2. The second kappa shape index (κ2) is 6.31. The van der Waals surface area contributed by atoms with E-state index in [2.05, 4.69) is 25.6 Å². The normalized spacial score (nSPS) is 13.0. The van der Waals surface area contributed by atoms with Crippen LogP contribution in [0.15, 0.2) is 36.7 Å². The average molecular weight is 336 g/mol.